The van der Waals surface area contributed by atoms with E-state index in [4.69, 9.17) is 11.6 Å². The molecular weight excluding hydrogens is 360 g/mol. The van der Waals surface area contributed by atoms with Crippen LogP contribution in [-0.4, -0.2) is 27.4 Å². The fourth-order valence-corrected chi connectivity index (χ4v) is 3.49. The Morgan fingerprint density at radius 2 is 2.00 bits per heavy atom. The van der Waals surface area contributed by atoms with E-state index in [-0.39, 0.29) is 5.13 Å². The monoisotopic (exact) mass is 371 g/mol. The number of amides is 2. The molecule has 0 saturated carbocycles. The Balaban J connectivity index is 1.91. The zero-order chi connectivity index (χ0) is 16.8. The Bertz CT molecular complexity index is 693. The van der Waals surface area contributed by atoms with Crippen LogP contribution in [0.3, 0.4) is 0 Å². The summed E-state index contributed by atoms with van der Waals surface area (Å²) in [5.74, 6) is -1.15. The van der Waals surface area contributed by atoms with Crippen LogP contribution in [0, 0.1) is 0 Å². The highest BCUT2D eigenvalue weighted by Crippen LogP contribution is 2.30. The zero-order valence-electron chi connectivity index (χ0n) is 11.9. The maximum Gasteiger partial charge on any atom is 0.325 e. The number of hydrogen-bond acceptors (Lipinski definition) is 7. The molecule has 0 unspecified atom stereocenters. The number of aliphatic carboxylic acids is 1. The number of carbonyl (C=O) groups is 2. The molecule has 1 heterocycles. The van der Waals surface area contributed by atoms with Gasteiger partial charge in [-0.05, 0) is 30.7 Å². The highest BCUT2D eigenvalue weighted by atomic mass is 35.5. The van der Waals surface area contributed by atoms with E-state index in [0.717, 1.165) is 23.1 Å². The Hall–Kier alpha value is -1.84. The van der Waals surface area contributed by atoms with Gasteiger partial charge in [0.25, 0.3) is 0 Å². The van der Waals surface area contributed by atoms with Crippen LogP contribution < -0.4 is 15.7 Å². The quantitative estimate of drug-likeness (QED) is 0.596. The van der Waals surface area contributed by atoms with Gasteiger partial charge in [-0.2, -0.15) is 0 Å². The summed E-state index contributed by atoms with van der Waals surface area (Å²) in [7, 11) is 0. The number of nitrogens with one attached hydrogen (secondary N) is 2. The van der Waals surface area contributed by atoms with E-state index in [9.17, 15) is 14.7 Å². The molecule has 0 aliphatic rings. The van der Waals surface area contributed by atoms with Gasteiger partial charge in [0.15, 0.2) is 4.34 Å². The van der Waals surface area contributed by atoms with Crippen molar-refractivity contribution >= 4 is 57.5 Å². The first kappa shape index (κ1) is 17.5. The van der Waals surface area contributed by atoms with Crippen LogP contribution in [0.25, 0.3) is 0 Å². The van der Waals surface area contributed by atoms with Crippen LogP contribution in [0.2, 0.25) is 5.02 Å². The Kier molecular flexibility index (Phi) is 6.20. The Morgan fingerprint density at radius 1 is 1.30 bits per heavy atom. The van der Waals surface area contributed by atoms with E-state index < -0.39 is 17.3 Å². The highest BCUT2D eigenvalue weighted by Gasteiger charge is 2.14. The fraction of sp³-hybridized carbons (Fsp3) is 0.231. The minimum atomic E-state index is -1.15. The summed E-state index contributed by atoms with van der Waals surface area (Å²) >= 11 is 7.90. The van der Waals surface area contributed by atoms with Crippen molar-refractivity contribution in [3.05, 3.63) is 29.3 Å². The van der Waals surface area contributed by atoms with Crippen molar-refractivity contribution in [2.24, 2.45) is 0 Å². The number of aromatic nitrogens is 2. The molecule has 10 heteroatoms. The summed E-state index contributed by atoms with van der Waals surface area (Å²) in [5, 5.41) is 23.8. The summed E-state index contributed by atoms with van der Waals surface area (Å²) in [5.41, 5.74) is 0.578. The fourth-order valence-electron chi connectivity index (χ4n) is 1.52. The number of urea groups is 1. The van der Waals surface area contributed by atoms with Crippen LogP contribution in [0.15, 0.2) is 28.6 Å². The number of carbonyl (C=O) groups excluding carboxylic acids is 2. The number of carboxylic acid groups (broad SMARTS) is 1. The maximum atomic E-state index is 11.8. The lowest BCUT2D eigenvalue weighted by molar-refractivity contribution is -0.304. The predicted molar refractivity (Wildman–Crippen MR) is 88.9 cm³/mol. The Morgan fingerprint density at radius 3 is 2.61 bits per heavy atom. The topological polar surface area (TPSA) is 107 Å². The number of thioether (sulfide) groups is 1. The third-order valence-electron chi connectivity index (χ3n) is 2.61. The number of rotatable bonds is 6. The van der Waals surface area contributed by atoms with E-state index in [1.165, 1.54) is 0 Å². The number of benzene rings is 1. The van der Waals surface area contributed by atoms with E-state index in [0.29, 0.717) is 21.5 Å². The molecule has 0 radical (unpaired) electrons. The van der Waals surface area contributed by atoms with Crippen LogP contribution >= 0.6 is 34.7 Å². The molecule has 0 aliphatic heterocycles. The van der Waals surface area contributed by atoms with Crippen molar-refractivity contribution in [2.45, 2.75) is 22.9 Å². The smallest absolute Gasteiger partial charge is 0.325 e. The van der Waals surface area contributed by atoms with Gasteiger partial charge in [-0.1, -0.05) is 41.6 Å². The number of carboxylic acids is 1. The molecule has 0 spiro atoms. The largest absolute Gasteiger partial charge is 0.549 e. The van der Waals surface area contributed by atoms with Gasteiger partial charge in [0.1, 0.15) is 0 Å². The lowest BCUT2D eigenvalue weighted by Gasteiger charge is -2.12. The number of anilines is 2. The average molecular weight is 372 g/mol. The molecule has 122 valence electrons. The summed E-state index contributed by atoms with van der Waals surface area (Å²) < 4.78 is 0.447. The second kappa shape index (κ2) is 8.14. The molecule has 0 saturated heterocycles. The van der Waals surface area contributed by atoms with Gasteiger partial charge in [0, 0.05) is 10.7 Å². The van der Waals surface area contributed by atoms with Crippen LogP contribution in [-0.2, 0) is 4.79 Å². The van der Waals surface area contributed by atoms with Crippen molar-refractivity contribution in [1.29, 1.82) is 0 Å². The lowest BCUT2D eigenvalue weighted by Crippen LogP contribution is -2.32. The van der Waals surface area contributed by atoms with Crippen molar-refractivity contribution in [2.75, 3.05) is 10.6 Å². The van der Waals surface area contributed by atoms with Crippen molar-refractivity contribution < 1.29 is 14.7 Å². The SMILES string of the molecule is CC[C@H](Sc1nnc(NC(=O)Nc2ccc(Cl)cc2)s1)C(=O)[O-]. The molecule has 1 aromatic heterocycles. The molecule has 0 fully saturated rings. The highest BCUT2D eigenvalue weighted by molar-refractivity contribution is 8.02. The summed E-state index contributed by atoms with van der Waals surface area (Å²) in [4.78, 5) is 22.7. The van der Waals surface area contributed by atoms with Gasteiger partial charge in [-0.3, -0.25) is 5.32 Å². The van der Waals surface area contributed by atoms with E-state index in [1.807, 2.05) is 0 Å². The zero-order valence-corrected chi connectivity index (χ0v) is 14.3. The molecule has 2 N–H and O–H groups in total. The third kappa shape index (κ3) is 5.38. The number of halogens is 1. The average Bonchev–Trinajstić information content (AvgIpc) is 2.94. The minimum absolute atomic E-state index is 0.271. The molecule has 0 bridgehead atoms. The van der Waals surface area contributed by atoms with Crippen LogP contribution in [0.1, 0.15) is 13.3 Å². The normalized spacial score (nSPS) is 11.7. The summed E-state index contributed by atoms with van der Waals surface area (Å²) in [6, 6.07) is 6.15. The molecule has 2 rings (SSSR count). The second-order valence-electron chi connectivity index (χ2n) is 4.29. The first-order valence-corrected chi connectivity index (χ1v) is 8.60. The van der Waals surface area contributed by atoms with Gasteiger partial charge in [0.05, 0.1) is 11.2 Å². The molecular formula is C13H12ClN4O3S2-. The van der Waals surface area contributed by atoms with Crippen molar-refractivity contribution in [3.8, 4) is 0 Å². The van der Waals surface area contributed by atoms with Crippen molar-refractivity contribution in [3.63, 3.8) is 0 Å². The van der Waals surface area contributed by atoms with Gasteiger partial charge in [-0.15, -0.1) is 10.2 Å². The molecule has 1 aromatic carbocycles. The van der Waals surface area contributed by atoms with Gasteiger partial charge in [0.2, 0.25) is 5.13 Å². The van der Waals surface area contributed by atoms with Gasteiger partial charge in [-0.25, -0.2) is 4.79 Å². The summed E-state index contributed by atoms with van der Waals surface area (Å²) in [6.07, 6.45) is 0.409. The van der Waals surface area contributed by atoms with Gasteiger partial charge >= 0.3 is 6.03 Å². The predicted octanol–water partition coefficient (Wildman–Crippen LogP) is 2.46. The standard InChI is InChI=1S/C13H13ClN4O3S2/c1-2-9(10(19)20)22-13-18-17-12(23-13)16-11(21)15-8-5-3-7(14)4-6-8/h3-6,9H,2H2,1H3,(H,19,20)(H2,15,16,17,21)/p-1/t9-/m0/s1. The van der Waals surface area contributed by atoms with E-state index in [1.54, 1.807) is 31.2 Å². The third-order valence-corrected chi connectivity index (χ3v) is 5.12. The maximum absolute atomic E-state index is 11.8. The second-order valence-corrected chi connectivity index (χ2v) is 7.16. The minimum Gasteiger partial charge on any atom is -0.549 e. The molecule has 2 amide bonds. The molecule has 23 heavy (non-hydrogen) atoms. The number of nitrogens with zero attached hydrogens (tertiary/aromatic N) is 2. The van der Waals surface area contributed by atoms with Crippen LogP contribution in [0.4, 0.5) is 15.6 Å². The number of hydrogen-bond donors (Lipinski definition) is 2. The van der Waals surface area contributed by atoms with E-state index >= 15 is 0 Å². The van der Waals surface area contributed by atoms with E-state index in [2.05, 4.69) is 20.8 Å². The molecule has 0 aliphatic carbocycles. The Labute approximate surface area is 145 Å². The molecule has 7 nitrogen and oxygen atoms in total. The molecule has 2 aromatic rings. The van der Waals surface area contributed by atoms with Gasteiger partial charge < -0.3 is 15.2 Å². The van der Waals surface area contributed by atoms with Crippen molar-refractivity contribution in [1.82, 2.24) is 10.2 Å². The first-order chi connectivity index (χ1) is 11.0. The summed E-state index contributed by atoms with van der Waals surface area (Å²) in [6.45, 7) is 1.74. The van der Waals surface area contributed by atoms with Crippen LogP contribution in [0.5, 0.6) is 0 Å². The first-order valence-electron chi connectivity index (χ1n) is 6.52. The lowest BCUT2D eigenvalue weighted by atomic mass is 10.3. The molecule has 1 atom stereocenters.